The SMILES string of the molecule is Cc1ccc(NC(=O)c2coc(CN3CCN(Cc4ccccc4)CC3)n2)cc1. The van der Waals surface area contributed by atoms with Gasteiger partial charge in [0, 0.05) is 38.4 Å². The van der Waals surface area contributed by atoms with Crippen molar-refractivity contribution in [2.24, 2.45) is 0 Å². The van der Waals surface area contributed by atoms with E-state index >= 15 is 0 Å². The second-order valence-electron chi connectivity index (χ2n) is 7.48. The van der Waals surface area contributed by atoms with Crippen LogP contribution in [-0.2, 0) is 13.1 Å². The number of carbonyl (C=O) groups is 1. The molecule has 1 N–H and O–H groups in total. The minimum absolute atomic E-state index is 0.253. The highest BCUT2D eigenvalue weighted by molar-refractivity contribution is 6.02. The molecule has 1 saturated heterocycles. The number of aryl methyl sites for hydroxylation is 1. The van der Waals surface area contributed by atoms with Gasteiger partial charge in [-0.3, -0.25) is 14.6 Å². The van der Waals surface area contributed by atoms with E-state index in [-0.39, 0.29) is 5.91 Å². The first-order valence-corrected chi connectivity index (χ1v) is 9.97. The maximum atomic E-state index is 12.4. The second kappa shape index (κ2) is 9.03. The third kappa shape index (κ3) is 5.31. The molecule has 0 spiro atoms. The van der Waals surface area contributed by atoms with Crippen molar-refractivity contribution in [3.05, 3.63) is 83.6 Å². The summed E-state index contributed by atoms with van der Waals surface area (Å²) >= 11 is 0. The monoisotopic (exact) mass is 390 g/mol. The first-order valence-electron chi connectivity index (χ1n) is 9.97. The largest absolute Gasteiger partial charge is 0.447 e. The summed E-state index contributed by atoms with van der Waals surface area (Å²) in [4.78, 5) is 21.5. The summed E-state index contributed by atoms with van der Waals surface area (Å²) in [6, 6.07) is 18.2. The number of piperazine rings is 1. The van der Waals surface area contributed by atoms with Gasteiger partial charge in [-0.2, -0.15) is 0 Å². The fourth-order valence-electron chi connectivity index (χ4n) is 3.46. The van der Waals surface area contributed by atoms with Crippen molar-refractivity contribution in [3.63, 3.8) is 0 Å². The molecule has 1 aliphatic heterocycles. The maximum Gasteiger partial charge on any atom is 0.277 e. The molecule has 6 heteroatoms. The summed E-state index contributed by atoms with van der Waals surface area (Å²) in [5.41, 5.74) is 3.55. The Bertz CT molecular complexity index is 929. The van der Waals surface area contributed by atoms with Crippen LogP contribution in [0.3, 0.4) is 0 Å². The molecule has 0 atom stereocenters. The van der Waals surface area contributed by atoms with Crippen molar-refractivity contribution >= 4 is 11.6 Å². The van der Waals surface area contributed by atoms with Crippen LogP contribution in [0.25, 0.3) is 0 Å². The molecule has 29 heavy (non-hydrogen) atoms. The molecular formula is C23H26N4O2. The number of hydrogen-bond acceptors (Lipinski definition) is 5. The first-order chi connectivity index (χ1) is 14.2. The van der Waals surface area contributed by atoms with Gasteiger partial charge in [0.05, 0.1) is 6.54 Å². The van der Waals surface area contributed by atoms with Gasteiger partial charge < -0.3 is 9.73 Å². The van der Waals surface area contributed by atoms with Gasteiger partial charge in [-0.15, -0.1) is 0 Å². The van der Waals surface area contributed by atoms with E-state index in [9.17, 15) is 4.79 Å². The van der Waals surface area contributed by atoms with Crippen LogP contribution < -0.4 is 5.32 Å². The summed E-state index contributed by atoms with van der Waals surface area (Å²) in [6.45, 7) is 7.55. The minimum Gasteiger partial charge on any atom is -0.447 e. The van der Waals surface area contributed by atoms with E-state index in [2.05, 4.69) is 44.4 Å². The van der Waals surface area contributed by atoms with Gasteiger partial charge in [-0.1, -0.05) is 48.0 Å². The predicted molar refractivity (Wildman–Crippen MR) is 113 cm³/mol. The molecule has 150 valence electrons. The average Bonchev–Trinajstić information content (AvgIpc) is 3.21. The molecule has 0 aliphatic carbocycles. The van der Waals surface area contributed by atoms with Crippen LogP contribution in [0.15, 0.2) is 65.3 Å². The highest BCUT2D eigenvalue weighted by Gasteiger charge is 2.20. The summed E-state index contributed by atoms with van der Waals surface area (Å²) in [7, 11) is 0. The van der Waals surface area contributed by atoms with Crippen LogP contribution in [0.5, 0.6) is 0 Å². The molecule has 1 aromatic heterocycles. The fourth-order valence-corrected chi connectivity index (χ4v) is 3.46. The first kappa shape index (κ1) is 19.4. The van der Waals surface area contributed by atoms with Crippen molar-refractivity contribution in [2.75, 3.05) is 31.5 Å². The Kier molecular flexibility index (Phi) is 6.03. The van der Waals surface area contributed by atoms with E-state index in [4.69, 9.17) is 4.42 Å². The fraction of sp³-hybridized carbons (Fsp3) is 0.304. The molecule has 6 nitrogen and oxygen atoms in total. The molecule has 0 bridgehead atoms. The van der Waals surface area contributed by atoms with Crippen molar-refractivity contribution < 1.29 is 9.21 Å². The van der Waals surface area contributed by atoms with Crippen LogP contribution in [-0.4, -0.2) is 46.9 Å². The van der Waals surface area contributed by atoms with Crippen molar-refractivity contribution in [1.29, 1.82) is 0 Å². The number of rotatable bonds is 6. The average molecular weight is 390 g/mol. The van der Waals surface area contributed by atoms with E-state index in [1.54, 1.807) is 0 Å². The van der Waals surface area contributed by atoms with Crippen molar-refractivity contribution in [2.45, 2.75) is 20.0 Å². The van der Waals surface area contributed by atoms with Gasteiger partial charge in [0.25, 0.3) is 5.91 Å². The minimum atomic E-state index is -0.253. The zero-order valence-corrected chi connectivity index (χ0v) is 16.7. The number of aromatic nitrogens is 1. The maximum absolute atomic E-state index is 12.4. The Hall–Kier alpha value is -2.96. The molecule has 2 aromatic carbocycles. The van der Waals surface area contributed by atoms with E-state index < -0.39 is 0 Å². The molecule has 3 aromatic rings. The molecule has 0 saturated carbocycles. The summed E-state index contributed by atoms with van der Waals surface area (Å²) in [5, 5.41) is 2.85. The lowest BCUT2D eigenvalue weighted by atomic mass is 10.2. The number of benzene rings is 2. The highest BCUT2D eigenvalue weighted by Crippen LogP contribution is 2.14. The number of nitrogens with one attached hydrogen (secondary N) is 1. The number of carbonyl (C=O) groups excluding carboxylic acids is 1. The molecule has 4 rings (SSSR count). The van der Waals surface area contributed by atoms with E-state index in [1.807, 2.05) is 37.3 Å². The number of hydrogen-bond donors (Lipinski definition) is 1. The number of nitrogens with zero attached hydrogens (tertiary/aromatic N) is 3. The highest BCUT2D eigenvalue weighted by atomic mass is 16.3. The summed E-state index contributed by atoms with van der Waals surface area (Å²) in [5.74, 6) is 0.326. The number of amides is 1. The lowest BCUT2D eigenvalue weighted by Crippen LogP contribution is -2.45. The number of oxazole rings is 1. The Morgan fingerprint density at radius 3 is 2.31 bits per heavy atom. The molecule has 1 aliphatic rings. The van der Waals surface area contributed by atoms with Crippen LogP contribution in [0.4, 0.5) is 5.69 Å². The van der Waals surface area contributed by atoms with Gasteiger partial charge in [-0.25, -0.2) is 4.98 Å². The Labute approximate surface area is 171 Å². The predicted octanol–water partition coefficient (Wildman–Crippen LogP) is 3.55. The van der Waals surface area contributed by atoms with Crippen LogP contribution >= 0.6 is 0 Å². The zero-order chi connectivity index (χ0) is 20.1. The van der Waals surface area contributed by atoms with E-state index in [0.717, 1.165) is 44.0 Å². The summed E-state index contributed by atoms with van der Waals surface area (Å²) in [6.07, 6.45) is 1.44. The standard InChI is InChI=1S/C23H26N4O2/c1-18-7-9-20(10-8-18)24-23(28)21-17-29-22(25-21)16-27-13-11-26(12-14-27)15-19-5-3-2-4-6-19/h2-10,17H,11-16H2,1H3,(H,24,28). The number of anilines is 1. The quantitative estimate of drug-likeness (QED) is 0.697. The van der Waals surface area contributed by atoms with E-state index in [1.165, 1.54) is 11.8 Å². The second-order valence-corrected chi connectivity index (χ2v) is 7.48. The molecule has 1 amide bonds. The van der Waals surface area contributed by atoms with Crippen LogP contribution in [0.1, 0.15) is 27.5 Å². The van der Waals surface area contributed by atoms with Gasteiger partial charge in [0.2, 0.25) is 5.89 Å². The molecule has 2 heterocycles. The molecule has 1 fully saturated rings. The summed E-state index contributed by atoms with van der Waals surface area (Å²) < 4.78 is 5.54. The topological polar surface area (TPSA) is 61.6 Å². The molecule has 0 radical (unpaired) electrons. The van der Waals surface area contributed by atoms with Gasteiger partial charge in [0.1, 0.15) is 6.26 Å². The van der Waals surface area contributed by atoms with Crippen LogP contribution in [0, 0.1) is 6.92 Å². The third-order valence-electron chi connectivity index (χ3n) is 5.17. The lowest BCUT2D eigenvalue weighted by Gasteiger charge is -2.34. The Morgan fingerprint density at radius 1 is 0.966 bits per heavy atom. The molecule has 0 unspecified atom stereocenters. The normalized spacial score (nSPS) is 15.3. The van der Waals surface area contributed by atoms with Gasteiger partial charge >= 0.3 is 0 Å². The molecular weight excluding hydrogens is 364 g/mol. The van der Waals surface area contributed by atoms with Crippen LogP contribution in [0.2, 0.25) is 0 Å². The Morgan fingerprint density at radius 2 is 1.62 bits per heavy atom. The smallest absolute Gasteiger partial charge is 0.277 e. The van der Waals surface area contributed by atoms with Gasteiger partial charge in [-0.05, 0) is 24.6 Å². The lowest BCUT2D eigenvalue weighted by molar-refractivity contribution is 0.102. The zero-order valence-electron chi connectivity index (χ0n) is 16.7. The van der Waals surface area contributed by atoms with Gasteiger partial charge in [0.15, 0.2) is 5.69 Å². The van der Waals surface area contributed by atoms with Crippen molar-refractivity contribution in [1.82, 2.24) is 14.8 Å². The van der Waals surface area contributed by atoms with Crippen molar-refractivity contribution in [3.8, 4) is 0 Å². The Balaban J connectivity index is 1.26. The third-order valence-corrected chi connectivity index (χ3v) is 5.17. The van der Waals surface area contributed by atoms with E-state index in [0.29, 0.717) is 18.1 Å².